The molecule has 33 heavy (non-hydrogen) atoms. The van der Waals surface area contributed by atoms with Crippen LogP contribution in [0.15, 0.2) is 60.7 Å². The molecular formula is C26H28N2O3S2. The van der Waals surface area contributed by atoms with E-state index >= 15 is 0 Å². The summed E-state index contributed by atoms with van der Waals surface area (Å²) in [6.45, 7) is 6.72. The van der Waals surface area contributed by atoms with E-state index in [1.165, 1.54) is 5.69 Å². The van der Waals surface area contributed by atoms with E-state index in [1.54, 1.807) is 11.3 Å². The van der Waals surface area contributed by atoms with Crippen LogP contribution in [0.1, 0.15) is 30.8 Å². The number of rotatable bonds is 9. The minimum atomic E-state index is -4.24. The fourth-order valence-electron chi connectivity index (χ4n) is 4.17. The van der Waals surface area contributed by atoms with E-state index in [0.29, 0.717) is 6.54 Å². The van der Waals surface area contributed by atoms with Gasteiger partial charge in [-0.15, -0.1) is 0 Å². The number of hydrogen-bond acceptors (Lipinski definition) is 5. The van der Waals surface area contributed by atoms with E-state index in [-0.39, 0.29) is 12.2 Å². The van der Waals surface area contributed by atoms with Gasteiger partial charge < -0.3 is 9.45 Å². The largest absolute Gasteiger partial charge is 0.748 e. The summed E-state index contributed by atoms with van der Waals surface area (Å²) < 4.78 is 36.8. The number of aryl methyl sites for hydroxylation is 1. The van der Waals surface area contributed by atoms with Crippen molar-refractivity contribution in [3.63, 3.8) is 0 Å². The molecule has 0 N–H and O–H groups in total. The number of fused-ring (bicyclic) bond motifs is 3. The second-order valence-corrected chi connectivity index (χ2v) is 10.5. The SMILES string of the molecule is CCN(CC)c1ccc(/C=C/c2sc3ccc4ccccc4c3[n+]2CCCS(=O)(=O)[O-])cc1. The van der Waals surface area contributed by atoms with Crippen molar-refractivity contribution in [3.05, 3.63) is 71.2 Å². The first-order chi connectivity index (χ1) is 15.9. The molecule has 1 heterocycles. The molecule has 0 aliphatic rings. The maximum Gasteiger partial charge on any atom is 0.262 e. The van der Waals surface area contributed by atoms with Crippen molar-refractivity contribution in [2.24, 2.45) is 0 Å². The Hall–Kier alpha value is -2.74. The first-order valence-electron chi connectivity index (χ1n) is 11.2. The first-order valence-corrected chi connectivity index (χ1v) is 13.6. The van der Waals surface area contributed by atoms with Crippen molar-refractivity contribution < 1.29 is 17.5 Å². The highest BCUT2D eigenvalue weighted by atomic mass is 32.2. The van der Waals surface area contributed by atoms with Gasteiger partial charge in [0.05, 0.1) is 15.5 Å². The third kappa shape index (κ3) is 5.43. The number of benzene rings is 3. The Balaban J connectivity index is 1.71. The molecule has 0 aliphatic carbocycles. The van der Waals surface area contributed by atoms with Crippen molar-refractivity contribution in [1.82, 2.24) is 0 Å². The third-order valence-electron chi connectivity index (χ3n) is 5.83. The Morgan fingerprint density at radius 2 is 1.70 bits per heavy atom. The predicted molar refractivity (Wildman–Crippen MR) is 138 cm³/mol. The number of hydrogen-bond donors (Lipinski definition) is 0. The van der Waals surface area contributed by atoms with Crippen molar-refractivity contribution in [3.8, 4) is 0 Å². The summed E-state index contributed by atoms with van der Waals surface area (Å²) in [7, 11) is -4.24. The Bertz CT molecular complexity index is 1390. The summed E-state index contributed by atoms with van der Waals surface area (Å²) in [5.41, 5.74) is 3.39. The molecule has 7 heteroatoms. The van der Waals surface area contributed by atoms with Gasteiger partial charge in [0.1, 0.15) is 4.70 Å². The molecular weight excluding hydrogens is 452 g/mol. The van der Waals surface area contributed by atoms with Gasteiger partial charge in [0, 0.05) is 37.0 Å². The fraction of sp³-hybridized carbons (Fsp3) is 0.269. The molecule has 4 aromatic rings. The molecule has 0 spiro atoms. The summed E-state index contributed by atoms with van der Waals surface area (Å²) in [4.78, 5) is 2.31. The molecule has 0 saturated heterocycles. The van der Waals surface area contributed by atoms with E-state index < -0.39 is 10.1 Å². The molecule has 0 amide bonds. The number of thiazole rings is 1. The van der Waals surface area contributed by atoms with Crippen LogP contribution in [-0.4, -0.2) is 31.8 Å². The minimum Gasteiger partial charge on any atom is -0.748 e. The fourth-order valence-corrected chi connectivity index (χ4v) is 5.76. The van der Waals surface area contributed by atoms with Crippen molar-refractivity contribution >= 4 is 60.3 Å². The quantitative estimate of drug-likeness (QED) is 0.241. The minimum absolute atomic E-state index is 0.283. The highest BCUT2D eigenvalue weighted by Gasteiger charge is 2.21. The Morgan fingerprint density at radius 1 is 0.970 bits per heavy atom. The lowest BCUT2D eigenvalue weighted by atomic mass is 10.1. The lowest BCUT2D eigenvalue weighted by Gasteiger charge is -2.20. The molecule has 4 rings (SSSR count). The van der Waals surface area contributed by atoms with Gasteiger partial charge in [0.25, 0.3) is 5.01 Å². The third-order valence-corrected chi connectivity index (χ3v) is 7.73. The lowest BCUT2D eigenvalue weighted by Crippen LogP contribution is -2.36. The average Bonchev–Trinajstić information content (AvgIpc) is 3.16. The molecule has 0 aliphatic heterocycles. The van der Waals surface area contributed by atoms with Crippen LogP contribution in [0.3, 0.4) is 0 Å². The number of nitrogens with zero attached hydrogens (tertiary/aromatic N) is 2. The summed E-state index contributed by atoms with van der Waals surface area (Å²) in [5, 5.41) is 3.28. The van der Waals surface area contributed by atoms with E-state index in [0.717, 1.165) is 44.6 Å². The summed E-state index contributed by atoms with van der Waals surface area (Å²) in [5.74, 6) is -0.363. The van der Waals surface area contributed by atoms with Gasteiger partial charge in [-0.05, 0) is 55.1 Å². The van der Waals surface area contributed by atoms with Crippen LogP contribution >= 0.6 is 11.3 Å². The zero-order valence-corrected chi connectivity index (χ0v) is 20.5. The van der Waals surface area contributed by atoms with Gasteiger partial charge in [-0.25, -0.2) is 8.42 Å². The van der Waals surface area contributed by atoms with Gasteiger partial charge in [-0.1, -0.05) is 47.7 Å². The van der Waals surface area contributed by atoms with Gasteiger partial charge in [-0.2, -0.15) is 4.57 Å². The summed E-state index contributed by atoms with van der Waals surface area (Å²) >= 11 is 1.67. The topological polar surface area (TPSA) is 64.3 Å². The van der Waals surface area contributed by atoms with E-state index in [4.69, 9.17) is 0 Å². The van der Waals surface area contributed by atoms with E-state index in [1.807, 2.05) is 12.1 Å². The zero-order valence-electron chi connectivity index (χ0n) is 18.9. The average molecular weight is 481 g/mol. The number of anilines is 1. The summed E-state index contributed by atoms with van der Waals surface area (Å²) in [6, 6.07) is 20.9. The van der Waals surface area contributed by atoms with Crippen molar-refractivity contribution in [1.29, 1.82) is 0 Å². The highest BCUT2D eigenvalue weighted by molar-refractivity contribution is 7.85. The Morgan fingerprint density at radius 3 is 2.39 bits per heavy atom. The molecule has 0 fully saturated rings. The normalized spacial score (nSPS) is 12.2. The van der Waals surface area contributed by atoms with Crippen LogP contribution in [-0.2, 0) is 16.7 Å². The smallest absolute Gasteiger partial charge is 0.262 e. The van der Waals surface area contributed by atoms with Crippen LogP contribution in [0.4, 0.5) is 5.69 Å². The van der Waals surface area contributed by atoms with Crippen LogP contribution in [0.25, 0.3) is 33.1 Å². The van der Waals surface area contributed by atoms with E-state index in [9.17, 15) is 13.0 Å². The highest BCUT2D eigenvalue weighted by Crippen LogP contribution is 2.29. The molecule has 0 radical (unpaired) electrons. The lowest BCUT2D eigenvalue weighted by molar-refractivity contribution is -0.667. The summed E-state index contributed by atoms with van der Waals surface area (Å²) in [6.07, 6.45) is 4.45. The van der Waals surface area contributed by atoms with Gasteiger partial charge >= 0.3 is 0 Å². The number of aromatic nitrogens is 1. The predicted octanol–water partition coefficient (Wildman–Crippen LogP) is 5.29. The molecule has 172 valence electrons. The van der Waals surface area contributed by atoms with Crippen LogP contribution < -0.4 is 9.47 Å². The first kappa shape index (κ1) is 23.4. The van der Waals surface area contributed by atoms with Crippen LogP contribution in [0, 0.1) is 0 Å². The van der Waals surface area contributed by atoms with Gasteiger partial charge in [0.15, 0.2) is 6.54 Å². The monoisotopic (exact) mass is 480 g/mol. The second-order valence-electron chi connectivity index (χ2n) is 7.94. The van der Waals surface area contributed by atoms with Crippen molar-refractivity contribution in [2.45, 2.75) is 26.8 Å². The molecule has 3 aromatic carbocycles. The maximum atomic E-state index is 11.2. The van der Waals surface area contributed by atoms with Gasteiger partial charge in [-0.3, -0.25) is 0 Å². The van der Waals surface area contributed by atoms with Crippen molar-refractivity contribution in [2.75, 3.05) is 23.7 Å². The molecule has 0 unspecified atom stereocenters. The van der Waals surface area contributed by atoms with Crippen LogP contribution in [0.2, 0.25) is 0 Å². The second kappa shape index (κ2) is 10.0. The Labute approximate surface area is 199 Å². The standard InChI is InChI=1S/C26H28N2O3S2/c1-3-27(4-2)22-14-10-20(11-15-22)12-17-25-28(18-7-19-33(29,30)31)26-23-9-6-5-8-21(23)13-16-24(26)32-25/h5-6,8-17H,3-4,7,18-19H2,1-2H3. The molecule has 0 atom stereocenters. The van der Waals surface area contributed by atoms with E-state index in [2.05, 4.69) is 84.0 Å². The van der Waals surface area contributed by atoms with Gasteiger partial charge in [0.2, 0.25) is 5.52 Å². The molecule has 0 saturated carbocycles. The zero-order chi connectivity index (χ0) is 23.4. The molecule has 5 nitrogen and oxygen atoms in total. The maximum absolute atomic E-state index is 11.2. The molecule has 1 aromatic heterocycles. The molecule has 0 bridgehead atoms. The Kier molecular flexibility index (Phi) is 7.12. The van der Waals surface area contributed by atoms with Crippen LogP contribution in [0.5, 0.6) is 0 Å².